The molecule has 0 aliphatic carbocycles. The molecule has 11 heteroatoms. The van der Waals surface area contributed by atoms with Crippen molar-refractivity contribution < 1.29 is 22.8 Å². The Bertz CT molecular complexity index is 1510. The lowest BCUT2D eigenvalue weighted by atomic mass is 9.85. The van der Waals surface area contributed by atoms with Gasteiger partial charge < -0.3 is 10.2 Å². The summed E-state index contributed by atoms with van der Waals surface area (Å²) in [5.74, 6) is -0.377. The molecule has 2 aromatic heterocycles. The lowest BCUT2D eigenvalue weighted by Crippen LogP contribution is -2.42. The van der Waals surface area contributed by atoms with Crippen LogP contribution < -0.4 is 5.32 Å². The van der Waals surface area contributed by atoms with E-state index in [4.69, 9.17) is 28.0 Å². The summed E-state index contributed by atoms with van der Waals surface area (Å²) in [5, 5.41) is 7.69. The standard InChI is InChI=1S/C26H17Cl2F3N4O2/c27-16-9-15(10-17(28)11-16)25(26(29,30)31)12-23(35-37-25)20-4-5-21(22-14-32-8-6-19(20)22)24(36)34-13-18-3-1-2-7-33-18/h1-11,14H,12-13H2,(H,34,36). The molecule has 0 radical (unpaired) electrons. The maximum atomic E-state index is 14.4. The van der Waals surface area contributed by atoms with E-state index in [0.29, 0.717) is 27.6 Å². The highest BCUT2D eigenvalue weighted by Crippen LogP contribution is 2.50. The number of carbonyl (C=O) groups excluding carboxylic acids is 1. The molecule has 0 saturated heterocycles. The van der Waals surface area contributed by atoms with E-state index in [1.165, 1.54) is 24.5 Å². The molecule has 0 spiro atoms. The average Bonchev–Trinajstić information content (AvgIpc) is 3.34. The number of nitrogens with zero attached hydrogens (tertiary/aromatic N) is 3. The Morgan fingerprint density at radius 2 is 1.81 bits per heavy atom. The van der Waals surface area contributed by atoms with Crippen LogP contribution in [0.4, 0.5) is 13.2 Å². The Morgan fingerprint density at radius 3 is 2.51 bits per heavy atom. The maximum Gasteiger partial charge on any atom is 0.435 e. The van der Waals surface area contributed by atoms with Gasteiger partial charge in [-0.05, 0) is 47.9 Å². The Kier molecular flexibility index (Phi) is 6.51. The molecule has 1 amide bonds. The number of aromatic nitrogens is 2. The van der Waals surface area contributed by atoms with Gasteiger partial charge in [-0.3, -0.25) is 14.8 Å². The van der Waals surface area contributed by atoms with Crippen LogP contribution in [0.2, 0.25) is 10.0 Å². The largest absolute Gasteiger partial charge is 0.435 e. The number of alkyl halides is 3. The molecule has 2 aromatic carbocycles. The van der Waals surface area contributed by atoms with Gasteiger partial charge in [0.25, 0.3) is 11.5 Å². The second-order valence-corrected chi connectivity index (χ2v) is 9.25. The first kappa shape index (κ1) is 25.0. The number of oxime groups is 1. The van der Waals surface area contributed by atoms with E-state index in [1.54, 1.807) is 30.5 Å². The van der Waals surface area contributed by atoms with Crippen molar-refractivity contribution in [2.45, 2.75) is 24.7 Å². The third-order valence-electron chi connectivity index (χ3n) is 6.04. The van der Waals surface area contributed by atoms with Gasteiger partial charge in [-0.2, -0.15) is 13.2 Å². The van der Waals surface area contributed by atoms with Crippen LogP contribution in [0, 0.1) is 0 Å². The molecule has 0 fully saturated rings. The summed E-state index contributed by atoms with van der Waals surface area (Å²) in [6.45, 7) is 0.208. The van der Waals surface area contributed by atoms with Crippen molar-refractivity contribution in [3.8, 4) is 0 Å². The smallest absolute Gasteiger partial charge is 0.374 e. The van der Waals surface area contributed by atoms with Crippen LogP contribution in [0.3, 0.4) is 0 Å². The molecule has 1 aliphatic heterocycles. The van der Waals surface area contributed by atoms with Crippen molar-refractivity contribution in [3.63, 3.8) is 0 Å². The summed E-state index contributed by atoms with van der Waals surface area (Å²) < 4.78 is 43.2. The van der Waals surface area contributed by atoms with E-state index in [0.717, 1.165) is 12.1 Å². The molecule has 6 nitrogen and oxygen atoms in total. The molecule has 0 saturated carbocycles. The predicted octanol–water partition coefficient (Wildman–Crippen LogP) is 6.45. The van der Waals surface area contributed by atoms with Crippen molar-refractivity contribution in [2.24, 2.45) is 5.16 Å². The second-order valence-electron chi connectivity index (χ2n) is 8.37. The minimum Gasteiger partial charge on any atom is -0.374 e. The van der Waals surface area contributed by atoms with E-state index >= 15 is 0 Å². The summed E-state index contributed by atoms with van der Waals surface area (Å²) in [7, 11) is 0. The van der Waals surface area contributed by atoms with Gasteiger partial charge in [-0.25, -0.2) is 0 Å². The Labute approximate surface area is 219 Å². The molecule has 0 bridgehead atoms. The van der Waals surface area contributed by atoms with Crippen molar-refractivity contribution in [1.82, 2.24) is 15.3 Å². The van der Waals surface area contributed by atoms with Gasteiger partial charge in [0.05, 0.1) is 18.0 Å². The van der Waals surface area contributed by atoms with Crippen molar-refractivity contribution in [3.05, 3.63) is 106 Å². The first-order valence-electron chi connectivity index (χ1n) is 11.0. The lowest BCUT2D eigenvalue weighted by Gasteiger charge is -2.29. The number of fused-ring (bicyclic) bond motifs is 1. The van der Waals surface area contributed by atoms with Crippen LogP contribution in [0.15, 0.2) is 78.3 Å². The van der Waals surface area contributed by atoms with Crippen LogP contribution in [-0.4, -0.2) is 27.8 Å². The van der Waals surface area contributed by atoms with Gasteiger partial charge >= 0.3 is 6.18 Å². The molecule has 1 aliphatic rings. The number of amides is 1. The zero-order valence-electron chi connectivity index (χ0n) is 18.9. The number of benzene rings is 2. The predicted molar refractivity (Wildman–Crippen MR) is 134 cm³/mol. The van der Waals surface area contributed by atoms with E-state index in [9.17, 15) is 18.0 Å². The SMILES string of the molecule is O=C(NCc1ccccn1)c1ccc(C2=NOC(c3cc(Cl)cc(Cl)c3)(C(F)(F)F)C2)c2ccncc12. The number of hydrogen-bond acceptors (Lipinski definition) is 5. The van der Waals surface area contributed by atoms with Gasteiger partial charge in [0.15, 0.2) is 0 Å². The molecule has 5 rings (SSSR count). The highest BCUT2D eigenvalue weighted by Gasteiger charge is 2.62. The lowest BCUT2D eigenvalue weighted by molar-refractivity contribution is -0.275. The summed E-state index contributed by atoms with van der Waals surface area (Å²) in [4.78, 5) is 26.4. The van der Waals surface area contributed by atoms with Crippen LogP contribution >= 0.6 is 23.2 Å². The fraction of sp³-hybridized carbons (Fsp3) is 0.154. The van der Waals surface area contributed by atoms with E-state index in [2.05, 4.69) is 20.4 Å². The topological polar surface area (TPSA) is 76.5 Å². The monoisotopic (exact) mass is 544 g/mol. The molecular weight excluding hydrogens is 528 g/mol. The average molecular weight is 545 g/mol. The van der Waals surface area contributed by atoms with E-state index in [-0.39, 0.29) is 33.8 Å². The van der Waals surface area contributed by atoms with Crippen LogP contribution in [0.1, 0.15) is 33.6 Å². The van der Waals surface area contributed by atoms with Gasteiger partial charge in [0, 0.05) is 57.1 Å². The highest BCUT2D eigenvalue weighted by atomic mass is 35.5. The maximum absolute atomic E-state index is 14.4. The van der Waals surface area contributed by atoms with Crippen molar-refractivity contribution in [1.29, 1.82) is 0 Å². The summed E-state index contributed by atoms with van der Waals surface area (Å²) in [6.07, 6.45) is -0.840. The first-order valence-corrected chi connectivity index (χ1v) is 11.8. The Balaban J connectivity index is 1.49. The minimum absolute atomic E-state index is 0.0424. The summed E-state index contributed by atoms with van der Waals surface area (Å²) >= 11 is 12.0. The van der Waals surface area contributed by atoms with Crippen LogP contribution in [0.25, 0.3) is 10.8 Å². The van der Waals surface area contributed by atoms with Gasteiger partial charge in [-0.15, -0.1) is 0 Å². The zero-order chi connectivity index (χ0) is 26.2. The molecule has 1 atom stereocenters. The quantitative estimate of drug-likeness (QED) is 0.313. The van der Waals surface area contributed by atoms with Gasteiger partial charge in [0.2, 0.25) is 0 Å². The Hall–Kier alpha value is -3.69. The second kappa shape index (κ2) is 9.64. The van der Waals surface area contributed by atoms with Crippen LogP contribution in [0.5, 0.6) is 0 Å². The van der Waals surface area contributed by atoms with Crippen molar-refractivity contribution >= 4 is 45.6 Å². The third kappa shape index (κ3) is 4.72. The van der Waals surface area contributed by atoms with Gasteiger partial charge in [0.1, 0.15) is 0 Å². The fourth-order valence-corrected chi connectivity index (χ4v) is 4.77. The number of carbonyl (C=O) groups is 1. The third-order valence-corrected chi connectivity index (χ3v) is 6.48. The molecular formula is C26H17Cl2F3N4O2. The number of nitrogens with one attached hydrogen (secondary N) is 1. The molecule has 1 unspecified atom stereocenters. The number of rotatable bonds is 5. The summed E-state index contributed by atoms with van der Waals surface area (Å²) in [6, 6.07) is 13.7. The molecule has 1 N–H and O–H groups in total. The first-order chi connectivity index (χ1) is 17.7. The Morgan fingerprint density at radius 1 is 1.03 bits per heavy atom. The van der Waals surface area contributed by atoms with Gasteiger partial charge in [-0.1, -0.05) is 40.5 Å². The number of halogens is 5. The fourth-order valence-electron chi connectivity index (χ4n) is 4.24. The van der Waals surface area contributed by atoms with E-state index < -0.39 is 18.2 Å². The highest BCUT2D eigenvalue weighted by molar-refractivity contribution is 6.34. The number of pyridine rings is 2. The summed E-state index contributed by atoms with van der Waals surface area (Å²) in [5.41, 5.74) is -1.59. The molecule has 4 aromatic rings. The normalized spacial score (nSPS) is 17.4. The van der Waals surface area contributed by atoms with Crippen LogP contribution in [-0.2, 0) is 17.0 Å². The van der Waals surface area contributed by atoms with E-state index in [1.807, 2.05) is 6.07 Å². The zero-order valence-corrected chi connectivity index (χ0v) is 20.4. The molecule has 37 heavy (non-hydrogen) atoms. The van der Waals surface area contributed by atoms with Crippen molar-refractivity contribution in [2.75, 3.05) is 0 Å². The molecule has 3 heterocycles. The minimum atomic E-state index is -4.82. The molecule has 188 valence electrons. The number of hydrogen-bond donors (Lipinski definition) is 1.